The van der Waals surface area contributed by atoms with Crippen LogP contribution < -0.4 is 5.32 Å². The summed E-state index contributed by atoms with van der Waals surface area (Å²) in [5.41, 5.74) is 2.15. The summed E-state index contributed by atoms with van der Waals surface area (Å²) in [5.74, 6) is -6.26. The molecule has 0 aliphatic carbocycles. The fraction of sp³-hybridized carbons (Fsp3) is 0.429. The molecule has 168 valence electrons. The van der Waals surface area contributed by atoms with Gasteiger partial charge in [0.25, 0.3) is 0 Å². The Labute approximate surface area is 184 Å². The van der Waals surface area contributed by atoms with Crippen LogP contribution in [0.25, 0.3) is 0 Å². The van der Waals surface area contributed by atoms with Crippen LogP contribution in [-0.4, -0.2) is 86.6 Å². The third-order valence-electron chi connectivity index (χ3n) is 5.56. The molecule has 2 aromatic carbocycles. The maximum absolute atomic E-state index is 10.4. The number of nitrogens with zero attached hydrogens (tertiary/aromatic N) is 2. The molecule has 0 radical (unpaired) electrons. The largest absolute Gasteiger partial charge is 0.394 e. The lowest BCUT2D eigenvalue weighted by molar-refractivity contribution is -0.498. The molecule has 2 heterocycles. The summed E-state index contributed by atoms with van der Waals surface area (Å²) in [4.78, 5) is 5.60. The van der Waals surface area contributed by atoms with Crippen molar-refractivity contribution >= 4 is 17.4 Å². The first kappa shape index (κ1) is 22.5. The number of piperazine rings is 1. The van der Waals surface area contributed by atoms with Crippen LogP contribution in [0, 0.1) is 0 Å². The van der Waals surface area contributed by atoms with Crippen molar-refractivity contribution in [1.29, 1.82) is 0 Å². The standard InChI is InChI=1S/C21H27N3O6S/c25-13-14-30-21(28,29)20(26,27)24-11-9-23(10-12-24)19-15-5-1-3-7-17(15)31-18-8-4-2-6-16(18)22-19/h1-8,19,22,25-29H,9-14H2. The highest BCUT2D eigenvalue weighted by Crippen LogP contribution is 2.43. The smallest absolute Gasteiger partial charge is 0.351 e. The predicted molar refractivity (Wildman–Crippen MR) is 114 cm³/mol. The van der Waals surface area contributed by atoms with Crippen molar-refractivity contribution in [2.75, 3.05) is 44.7 Å². The van der Waals surface area contributed by atoms with E-state index in [2.05, 4.69) is 33.2 Å². The van der Waals surface area contributed by atoms with Crippen LogP contribution in [0.2, 0.25) is 0 Å². The van der Waals surface area contributed by atoms with E-state index in [-0.39, 0.29) is 19.3 Å². The molecule has 0 amide bonds. The van der Waals surface area contributed by atoms with E-state index in [1.54, 1.807) is 11.8 Å². The summed E-state index contributed by atoms with van der Waals surface area (Å²) < 4.78 is 4.63. The molecule has 9 nitrogen and oxygen atoms in total. The zero-order valence-corrected chi connectivity index (χ0v) is 17.7. The van der Waals surface area contributed by atoms with E-state index in [0.29, 0.717) is 13.1 Å². The summed E-state index contributed by atoms with van der Waals surface area (Å²) >= 11 is 1.70. The quantitative estimate of drug-likeness (QED) is 0.340. The molecule has 1 fully saturated rings. The number of nitrogens with one attached hydrogen (secondary N) is 1. The van der Waals surface area contributed by atoms with E-state index < -0.39 is 25.1 Å². The number of benzene rings is 2. The average molecular weight is 450 g/mol. The topological polar surface area (TPSA) is 129 Å². The first-order valence-electron chi connectivity index (χ1n) is 10.1. The lowest BCUT2D eigenvalue weighted by Crippen LogP contribution is -2.69. The SMILES string of the molecule is OCCOC(O)(O)C(O)(O)N1CCN(C2Nc3ccccc3Sc3ccccc32)CC1. The zero-order chi connectivity index (χ0) is 22.1. The monoisotopic (exact) mass is 449 g/mol. The minimum Gasteiger partial charge on any atom is -0.394 e. The van der Waals surface area contributed by atoms with Crippen molar-refractivity contribution in [3.8, 4) is 0 Å². The summed E-state index contributed by atoms with van der Waals surface area (Å²) in [6, 6.07) is 16.3. The molecule has 1 saturated heterocycles. The predicted octanol–water partition coefficient (Wildman–Crippen LogP) is 0.165. The molecule has 0 bridgehead atoms. The van der Waals surface area contributed by atoms with Crippen molar-refractivity contribution in [3.63, 3.8) is 0 Å². The minimum atomic E-state index is -3.24. The first-order valence-corrected chi connectivity index (χ1v) is 10.9. The van der Waals surface area contributed by atoms with Gasteiger partial charge in [-0.15, -0.1) is 0 Å². The number of aliphatic hydroxyl groups excluding tert-OH is 1. The lowest BCUT2D eigenvalue weighted by Gasteiger charge is -2.46. The molecule has 2 aromatic rings. The van der Waals surface area contributed by atoms with Gasteiger partial charge >= 0.3 is 11.9 Å². The molecular weight excluding hydrogens is 422 g/mol. The van der Waals surface area contributed by atoms with Crippen LogP contribution in [0.15, 0.2) is 58.3 Å². The number of hydrogen-bond donors (Lipinski definition) is 6. The Kier molecular flexibility index (Phi) is 6.54. The number of rotatable bonds is 6. The van der Waals surface area contributed by atoms with Crippen molar-refractivity contribution in [3.05, 3.63) is 54.1 Å². The lowest BCUT2D eigenvalue weighted by atomic mass is 10.1. The van der Waals surface area contributed by atoms with Gasteiger partial charge in [-0.3, -0.25) is 4.90 Å². The van der Waals surface area contributed by atoms with Crippen LogP contribution >= 0.6 is 11.8 Å². The Hall–Kier alpha value is -1.73. The van der Waals surface area contributed by atoms with E-state index in [1.165, 1.54) is 0 Å². The number of fused-ring (bicyclic) bond motifs is 2. The van der Waals surface area contributed by atoms with E-state index >= 15 is 0 Å². The van der Waals surface area contributed by atoms with Gasteiger partial charge in [0.2, 0.25) is 0 Å². The van der Waals surface area contributed by atoms with Crippen LogP contribution in [0.5, 0.6) is 0 Å². The molecule has 0 aromatic heterocycles. The van der Waals surface area contributed by atoms with Crippen LogP contribution in [0.4, 0.5) is 5.69 Å². The van der Waals surface area contributed by atoms with Gasteiger partial charge in [-0.25, -0.2) is 4.90 Å². The zero-order valence-electron chi connectivity index (χ0n) is 16.9. The summed E-state index contributed by atoms with van der Waals surface area (Å²) in [6.45, 7) is 0.269. The molecule has 1 atom stereocenters. The van der Waals surface area contributed by atoms with E-state index in [0.717, 1.165) is 25.9 Å². The number of ether oxygens (including phenoxy) is 1. The van der Waals surface area contributed by atoms with Gasteiger partial charge in [0.05, 0.1) is 13.2 Å². The van der Waals surface area contributed by atoms with Gasteiger partial charge < -0.3 is 35.6 Å². The van der Waals surface area contributed by atoms with Crippen LogP contribution in [-0.2, 0) is 4.74 Å². The number of hydrogen-bond acceptors (Lipinski definition) is 10. The van der Waals surface area contributed by atoms with E-state index in [1.807, 2.05) is 30.3 Å². The van der Waals surface area contributed by atoms with Gasteiger partial charge in [-0.1, -0.05) is 42.1 Å². The fourth-order valence-electron chi connectivity index (χ4n) is 3.89. The average Bonchev–Trinajstić information content (AvgIpc) is 2.94. The van der Waals surface area contributed by atoms with Crippen molar-refractivity contribution in [1.82, 2.24) is 9.80 Å². The second-order valence-electron chi connectivity index (χ2n) is 7.52. The maximum atomic E-state index is 10.4. The molecule has 31 heavy (non-hydrogen) atoms. The number of aliphatic hydroxyl groups is 5. The first-order chi connectivity index (χ1) is 14.8. The molecule has 0 spiro atoms. The molecule has 6 N–H and O–H groups in total. The molecular formula is C21H27N3O6S. The highest BCUT2D eigenvalue weighted by molar-refractivity contribution is 7.99. The van der Waals surface area contributed by atoms with Gasteiger partial charge in [-0.05, 0) is 18.2 Å². The summed E-state index contributed by atoms with van der Waals surface area (Å²) in [5, 5.41) is 53.1. The Balaban J connectivity index is 1.52. The van der Waals surface area contributed by atoms with Crippen molar-refractivity contribution < 1.29 is 30.3 Å². The van der Waals surface area contributed by atoms with Crippen LogP contribution in [0.1, 0.15) is 11.7 Å². The maximum Gasteiger partial charge on any atom is 0.351 e. The van der Waals surface area contributed by atoms with Gasteiger partial charge in [0.1, 0.15) is 6.17 Å². The Morgan fingerprint density at radius 3 is 2.29 bits per heavy atom. The Morgan fingerprint density at radius 2 is 1.58 bits per heavy atom. The second kappa shape index (κ2) is 9.02. The minimum absolute atomic E-state index is 0.125. The molecule has 4 rings (SSSR count). The summed E-state index contributed by atoms with van der Waals surface area (Å²) in [6.07, 6.45) is -0.125. The van der Waals surface area contributed by atoms with E-state index in [4.69, 9.17) is 5.11 Å². The van der Waals surface area contributed by atoms with Crippen molar-refractivity contribution in [2.45, 2.75) is 27.8 Å². The normalized spacial score (nSPS) is 20.5. The van der Waals surface area contributed by atoms with Gasteiger partial charge in [0, 0.05) is 47.2 Å². The summed E-state index contributed by atoms with van der Waals surface area (Å²) in [7, 11) is 0. The molecule has 0 saturated carbocycles. The second-order valence-corrected chi connectivity index (χ2v) is 8.61. The highest BCUT2D eigenvalue weighted by atomic mass is 32.2. The third-order valence-corrected chi connectivity index (χ3v) is 6.73. The Morgan fingerprint density at radius 1 is 0.935 bits per heavy atom. The van der Waals surface area contributed by atoms with Crippen LogP contribution in [0.3, 0.4) is 0 Å². The molecule has 10 heteroatoms. The number of anilines is 1. The van der Waals surface area contributed by atoms with Gasteiger partial charge in [0.15, 0.2) is 0 Å². The Bertz CT molecular complexity index is 904. The third kappa shape index (κ3) is 4.44. The van der Waals surface area contributed by atoms with Crippen molar-refractivity contribution in [2.24, 2.45) is 0 Å². The molecule has 2 aliphatic rings. The fourth-order valence-corrected chi connectivity index (χ4v) is 4.95. The van der Waals surface area contributed by atoms with E-state index in [9.17, 15) is 20.4 Å². The van der Waals surface area contributed by atoms with Gasteiger partial charge in [-0.2, -0.15) is 0 Å². The molecule has 1 unspecified atom stereocenters. The highest BCUT2D eigenvalue weighted by Gasteiger charge is 2.54. The number of para-hydroxylation sites is 1. The molecule has 2 aliphatic heterocycles.